The van der Waals surface area contributed by atoms with E-state index in [-0.39, 0.29) is 11.4 Å². The van der Waals surface area contributed by atoms with E-state index in [0.717, 1.165) is 41.9 Å². The van der Waals surface area contributed by atoms with Crippen LogP contribution < -0.4 is 0 Å². The van der Waals surface area contributed by atoms with E-state index in [2.05, 4.69) is 9.55 Å². The van der Waals surface area contributed by atoms with Crippen LogP contribution >= 0.6 is 11.8 Å². The molecule has 1 heterocycles. The molecular formula is C18H14N4O4S. The van der Waals surface area contributed by atoms with Gasteiger partial charge in [0.15, 0.2) is 5.16 Å². The van der Waals surface area contributed by atoms with Crippen LogP contribution in [0, 0.1) is 20.2 Å². The highest BCUT2D eigenvalue weighted by molar-refractivity contribution is 7.99. The Kier molecular flexibility index (Phi) is 4.36. The maximum Gasteiger partial charge on any atom is 0.290 e. The maximum absolute atomic E-state index is 11.4. The Morgan fingerprint density at radius 1 is 1.04 bits per heavy atom. The molecule has 4 rings (SSSR count). The molecule has 0 N–H and O–H groups in total. The monoisotopic (exact) mass is 382 g/mol. The molecular weight excluding hydrogens is 368 g/mol. The first-order valence-electron chi connectivity index (χ1n) is 8.28. The molecule has 0 saturated heterocycles. The normalized spacial score (nSPS) is 13.5. The Morgan fingerprint density at radius 2 is 1.78 bits per heavy atom. The van der Waals surface area contributed by atoms with Gasteiger partial charge in [-0.3, -0.25) is 20.2 Å². The predicted octanol–water partition coefficient (Wildman–Crippen LogP) is 4.85. The summed E-state index contributed by atoms with van der Waals surface area (Å²) in [5.41, 5.74) is 1.40. The fraction of sp³-hybridized carbons (Fsp3) is 0.167. The van der Waals surface area contributed by atoms with E-state index < -0.39 is 9.85 Å². The predicted molar refractivity (Wildman–Crippen MR) is 99.8 cm³/mol. The van der Waals surface area contributed by atoms with Crippen LogP contribution in [0.2, 0.25) is 0 Å². The van der Waals surface area contributed by atoms with E-state index in [1.54, 1.807) is 6.20 Å². The van der Waals surface area contributed by atoms with Crippen LogP contribution in [0.15, 0.2) is 64.8 Å². The molecule has 0 atom stereocenters. The van der Waals surface area contributed by atoms with Crippen LogP contribution in [-0.2, 0) is 0 Å². The molecule has 0 spiro atoms. The molecule has 3 aromatic rings. The van der Waals surface area contributed by atoms with Crippen LogP contribution in [0.1, 0.15) is 18.9 Å². The first-order valence-corrected chi connectivity index (χ1v) is 9.09. The van der Waals surface area contributed by atoms with E-state index in [1.165, 1.54) is 12.1 Å². The summed E-state index contributed by atoms with van der Waals surface area (Å²) in [4.78, 5) is 25.9. The van der Waals surface area contributed by atoms with Crippen molar-refractivity contribution in [1.82, 2.24) is 9.55 Å². The Labute approximate surface area is 158 Å². The second kappa shape index (κ2) is 6.84. The van der Waals surface area contributed by atoms with Crippen LogP contribution in [0.3, 0.4) is 0 Å². The quantitative estimate of drug-likeness (QED) is 0.446. The second-order valence-electron chi connectivity index (χ2n) is 6.16. The second-order valence-corrected chi connectivity index (χ2v) is 7.17. The third kappa shape index (κ3) is 3.41. The Balaban J connectivity index is 1.75. The molecule has 1 saturated carbocycles. The molecule has 1 aromatic heterocycles. The van der Waals surface area contributed by atoms with Gasteiger partial charge in [-0.2, -0.15) is 0 Å². The fourth-order valence-electron chi connectivity index (χ4n) is 2.87. The Morgan fingerprint density at radius 3 is 2.41 bits per heavy atom. The molecule has 0 radical (unpaired) electrons. The highest BCUT2D eigenvalue weighted by Crippen LogP contribution is 2.44. The smallest absolute Gasteiger partial charge is 0.290 e. The largest absolute Gasteiger partial charge is 0.316 e. The summed E-state index contributed by atoms with van der Waals surface area (Å²) in [6.07, 6.45) is 3.84. The highest BCUT2D eigenvalue weighted by Gasteiger charge is 2.30. The van der Waals surface area contributed by atoms with E-state index in [4.69, 9.17) is 0 Å². The van der Waals surface area contributed by atoms with Crippen molar-refractivity contribution >= 4 is 23.1 Å². The Hall–Kier alpha value is -3.20. The molecule has 8 nitrogen and oxygen atoms in total. The summed E-state index contributed by atoms with van der Waals surface area (Å²) >= 11 is 1.16. The lowest BCUT2D eigenvalue weighted by Gasteiger charge is -2.11. The molecule has 0 amide bonds. The number of non-ortho nitro benzene ring substituents is 1. The molecule has 2 aromatic carbocycles. The van der Waals surface area contributed by atoms with Crippen molar-refractivity contribution in [2.45, 2.75) is 28.9 Å². The van der Waals surface area contributed by atoms with Crippen molar-refractivity contribution in [2.24, 2.45) is 0 Å². The number of imidazole rings is 1. The Bertz CT molecular complexity index is 1030. The number of hydrogen-bond acceptors (Lipinski definition) is 6. The van der Waals surface area contributed by atoms with Gasteiger partial charge in [-0.05, 0) is 36.2 Å². The van der Waals surface area contributed by atoms with E-state index in [9.17, 15) is 20.2 Å². The first kappa shape index (κ1) is 17.2. The summed E-state index contributed by atoms with van der Waals surface area (Å²) in [7, 11) is 0. The van der Waals surface area contributed by atoms with Crippen molar-refractivity contribution in [3.63, 3.8) is 0 Å². The zero-order chi connectivity index (χ0) is 19.0. The minimum atomic E-state index is -0.639. The van der Waals surface area contributed by atoms with Crippen LogP contribution in [0.4, 0.5) is 11.4 Å². The van der Waals surface area contributed by atoms with Gasteiger partial charge in [0.2, 0.25) is 0 Å². The lowest BCUT2D eigenvalue weighted by Crippen LogP contribution is -2.00. The lowest BCUT2D eigenvalue weighted by atomic mass is 10.2. The molecule has 1 aliphatic rings. The molecule has 0 unspecified atom stereocenters. The van der Waals surface area contributed by atoms with Gasteiger partial charge in [0.1, 0.15) is 0 Å². The number of rotatable bonds is 6. The van der Waals surface area contributed by atoms with E-state index >= 15 is 0 Å². The molecule has 0 aliphatic heterocycles. The highest BCUT2D eigenvalue weighted by atomic mass is 32.2. The number of aromatic nitrogens is 2. The summed E-state index contributed by atoms with van der Waals surface area (Å²) in [5, 5.41) is 23.0. The van der Waals surface area contributed by atoms with E-state index in [0.29, 0.717) is 16.1 Å². The van der Waals surface area contributed by atoms with Gasteiger partial charge in [-0.25, -0.2) is 4.98 Å². The standard InChI is InChI=1S/C18H14N4O4S/c23-21(24)14-8-9-17(15(10-14)22(25)26)27-18-19-11-16(20(18)13-6-7-13)12-4-2-1-3-5-12/h1-5,8-11,13H,6-7H2. The SMILES string of the molecule is O=[N+]([O-])c1ccc(Sc2ncc(-c3ccccc3)n2C2CC2)c([N+](=O)[O-])c1. The zero-order valence-electron chi connectivity index (χ0n) is 14.0. The van der Waals surface area contributed by atoms with Gasteiger partial charge < -0.3 is 4.57 Å². The maximum atomic E-state index is 11.4. The number of nitro benzene ring substituents is 2. The van der Waals surface area contributed by atoms with Gasteiger partial charge in [0.25, 0.3) is 11.4 Å². The number of benzene rings is 2. The molecule has 136 valence electrons. The van der Waals surface area contributed by atoms with Crippen LogP contribution in [0.5, 0.6) is 0 Å². The molecule has 1 fully saturated rings. The number of nitrogens with zero attached hydrogens (tertiary/aromatic N) is 4. The summed E-state index contributed by atoms with van der Waals surface area (Å²) in [6.45, 7) is 0. The average molecular weight is 382 g/mol. The van der Waals surface area contributed by atoms with Gasteiger partial charge in [0.05, 0.1) is 32.7 Å². The number of hydrogen-bond donors (Lipinski definition) is 0. The lowest BCUT2D eigenvalue weighted by molar-refractivity contribution is -0.396. The third-order valence-electron chi connectivity index (χ3n) is 4.30. The van der Waals surface area contributed by atoms with E-state index in [1.807, 2.05) is 30.3 Å². The van der Waals surface area contributed by atoms with Gasteiger partial charge in [0, 0.05) is 12.1 Å². The van der Waals surface area contributed by atoms with Crippen molar-refractivity contribution < 1.29 is 9.85 Å². The molecule has 9 heteroatoms. The fourth-order valence-corrected chi connectivity index (χ4v) is 3.90. The van der Waals surface area contributed by atoms with Gasteiger partial charge >= 0.3 is 0 Å². The minimum Gasteiger partial charge on any atom is -0.316 e. The summed E-state index contributed by atoms with van der Waals surface area (Å²) < 4.78 is 2.10. The van der Waals surface area contributed by atoms with Gasteiger partial charge in [-0.15, -0.1) is 0 Å². The van der Waals surface area contributed by atoms with Crippen molar-refractivity contribution in [3.05, 3.63) is 75.0 Å². The zero-order valence-corrected chi connectivity index (χ0v) is 14.8. The number of nitro groups is 2. The van der Waals surface area contributed by atoms with Crippen molar-refractivity contribution in [2.75, 3.05) is 0 Å². The topological polar surface area (TPSA) is 104 Å². The van der Waals surface area contributed by atoms with Crippen LogP contribution in [0.25, 0.3) is 11.3 Å². The van der Waals surface area contributed by atoms with Crippen LogP contribution in [-0.4, -0.2) is 19.4 Å². The average Bonchev–Trinajstić information content (AvgIpc) is 3.42. The van der Waals surface area contributed by atoms with Crippen molar-refractivity contribution in [3.8, 4) is 11.3 Å². The molecule has 27 heavy (non-hydrogen) atoms. The first-order chi connectivity index (χ1) is 13.0. The third-order valence-corrected chi connectivity index (χ3v) is 5.35. The summed E-state index contributed by atoms with van der Waals surface area (Å²) in [6, 6.07) is 13.8. The van der Waals surface area contributed by atoms with Gasteiger partial charge in [-0.1, -0.05) is 30.3 Å². The summed E-state index contributed by atoms with van der Waals surface area (Å²) in [5.74, 6) is 0. The molecule has 1 aliphatic carbocycles. The molecule has 0 bridgehead atoms. The van der Waals surface area contributed by atoms with Crippen molar-refractivity contribution in [1.29, 1.82) is 0 Å². The minimum absolute atomic E-state index is 0.291.